The summed E-state index contributed by atoms with van der Waals surface area (Å²) in [5, 5.41) is 0.00140. The molecule has 0 unspecified atom stereocenters. The molecule has 0 saturated carbocycles. The molecule has 2 heterocycles. The molecule has 0 amide bonds. The van der Waals surface area contributed by atoms with E-state index in [2.05, 4.69) is 0 Å². The van der Waals surface area contributed by atoms with Crippen LogP contribution in [0.3, 0.4) is 0 Å². The summed E-state index contributed by atoms with van der Waals surface area (Å²) in [4.78, 5) is 23.7. The molecule has 0 aliphatic carbocycles. The van der Waals surface area contributed by atoms with Gasteiger partial charge in [-0.1, -0.05) is 11.6 Å². The molecule has 1 saturated heterocycles. The summed E-state index contributed by atoms with van der Waals surface area (Å²) in [6.07, 6.45) is 1.52. The van der Waals surface area contributed by atoms with Crippen LogP contribution in [0.2, 0.25) is 5.02 Å². The van der Waals surface area contributed by atoms with Gasteiger partial charge in [0.15, 0.2) is 0 Å². The van der Waals surface area contributed by atoms with Crippen molar-refractivity contribution in [2.45, 2.75) is 52.4 Å². The summed E-state index contributed by atoms with van der Waals surface area (Å²) in [6, 6.07) is 1.51. The van der Waals surface area contributed by atoms with E-state index in [0.29, 0.717) is 5.46 Å². The van der Waals surface area contributed by atoms with Crippen LogP contribution in [0, 0.1) is 0 Å². The Hall–Kier alpha value is -1.31. The summed E-state index contributed by atoms with van der Waals surface area (Å²) in [6.45, 7) is 9.48. The Kier molecular flexibility index (Phi) is 4.94. The van der Waals surface area contributed by atoms with Crippen LogP contribution < -0.4 is 11.0 Å². The van der Waals surface area contributed by atoms with Crippen molar-refractivity contribution in [2.24, 2.45) is 0 Å². The summed E-state index contributed by atoms with van der Waals surface area (Å²) in [5.74, 6) is -0.503. The van der Waals surface area contributed by atoms with Gasteiger partial charge in [0.1, 0.15) is 11.6 Å². The Labute approximate surface area is 140 Å². The van der Waals surface area contributed by atoms with Crippen LogP contribution in [0.5, 0.6) is 0 Å². The van der Waals surface area contributed by atoms with Gasteiger partial charge in [-0.25, -0.2) is 0 Å². The highest BCUT2D eigenvalue weighted by molar-refractivity contribution is 6.62. The van der Waals surface area contributed by atoms with Gasteiger partial charge in [0, 0.05) is 11.7 Å². The van der Waals surface area contributed by atoms with Crippen molar-refractivity contribution in [1.29, 1.82) is 0 Å². The van der Waals surface area contributed by atoms with Crippen LogP contribution in [0.25, 0.3) is 0 Å². The van der Waals surface area contributed by atoms with Gasteiger partial charge in [0.05, 0.1) is 17.8 Å². The predicted molar refractivity (Wildman–Crippen MR) is 88.1 cm³/mol. The normalized spacial score (nSPS) is 19.0. The van der Waals surface area contributed by atoms with Gasteiger partial charge in [-0.15, -0.1) is 0 Å². The van der Waals surface area contributed by atoms with E-state index < -0.39 is 29.8 Å². The van der Waals surface area contributed by atoms with Crippen LogP contribution in [0.15, 0.2) is 17.1 Å². The fraction of sp³-hybridized carbons (Fsp3) is 0.600. The summed E-state index contributed by atoms with van der Waals surface area (Å²) in [7, 11) is -0.661. The molecule has 2 rings (SSSR count). The molecule has 0 N–H and O–H groups in total. The van der Waals surface area contributed by atoms with Crippen molar-refractivity contribution in [1.82, 2.24) is 4.57 Å². The molecule has 0 bridgehead atoms. The number of ether oxygens (including phenoxy) is 1. The number of pyridine rings is 1. The molecule has 0 spiro atoms. The number of aromatic nitrogens is 1. The third kappa shape index (κ3) is 3.62. The van der Waals surface area contributed by atoms with Crippen molar-refractivity contribution < 1.29 is 18.8 Å². The number of esters is 1. The van der Waals surface area contributed by atoms with Crippen LogP contribution in [0.4, 0.5) is 0 Å². The van der Waals surface area contributed by atoms with E-state index in [4.69, 9.17) is 25.6 Å². The monoisotopic (exact) mass is 341 g/mol. The highest BCUT2D eigenvalue weighted by atomic mass is 35.5. The Morgan fingerprint density at radius 1 is 1.30 bits per heavy atom. The molecule has 1 aromatic rings. The Morgan fingerprint density at radius 2 is 1.87 bits per heavy atom. The quantitative estimate of drug-likeness (QED) is 0.611. The smallest absolute Gasteiger partial charge is 0.465 e. The van der Waals surface area contributed by atoms with Crippen molar-refractivity contribution >= 4 is 30.2 Å². The molecular weight excluding hydrogens is 320 g/mol. The van der Waals surface area contributed by atoms with Gasteiger partial charge in [0.25, 0.3) is 5.56 Å². The highest BCUT2D eigenvalue weighted by Gasteiger charge is 2.51. The maximum absolute atomic E-state index is 12.1. The number of nitrogens with zero attached hydrogens (tertiary/aromatic N) is 1. The number of carbonyl (C=O) groups is 1. The standard InChI is InChI=1S/C15H21BClNO5/c1-6-21-12(19)9-18-8-10(7-11(17)13(18)20)16-22-14(2,3)15(4,5)23-16/h7-8H,6,9H2,1-5H3. The fourth-order valence-corrected chi connectivity index (χ4v) is 2.43. The zero-order chi connectivity index (χ0) is 17.4. The van der Waals surface area contributed by atoms with E-state index >= 15 is 0 Å². The van der Waals surface area contributed by atoms with Crippen LogP contribution >= 0.6 is 11.6 Å². The highest BCUT2D eigenvalue weighted by Crippen LogP contribution is 2.36. The first kappa shape index (κ1) is 18.0. The second kappa shape index (κ2) is 6.30. The predicted octanol–water partition coefficient (Wildman–Crippen LogP) is 1.36. The Bertz CT molecular complexity index is 654. The van der Waals surface area contributed by atoms with Crippen LogP contribution in [-0.4, -0.2) is 35.5 Å². The Morgan fingerprint density at radius 3 is 2.39 bits per heavy atom. The number of halogens is 1. The lowest BCUT2D eigenvalue weighted by atomic mass is 9.80. The van der Waals surface area contributed by atoms with Crippen molar-refractivity contribution in [2.75, 3.05) is 6.61 Å². The summed E-state index contributed by atoms with van der Waals surface area (Å²) in [5.41, 5.74) is -0.893. The maximum atomic E-state index is 12.1. The Balaban J connectivity index is 2.33. The number of rotatable bonds is 4. The number of hydrogen-bond donors (Lipinski definition) is 0. The molecule has 1 fully saturated rings. The van der Waals surface area contributed by atoms with E-state index in [-0.39, 0.29) is 18.2 Å². The minimum absolute atomic E-state index is 0.00140. The fourth-order valence-electron chi connectivity index (χ4n) is 2.19. The maximum Gasteiger partial charge on any atom is 0.496 e. The lowest BCUT2D eigenvalue weighted by Gasteiger charge is -2.32. The molecule has 0 atom stereocenters. The van der Waals surface area contributed by atoms with Crippen molar-refractivity contribution in [3.05, 3.63) is 27.6 Å². The average Bonchev–Trinajstić information content (AvgIpc) is 2.64. The molecular formula is C15H21BClNO5. The molecule has 0 radical (unpaired) electrons. The average molecular weight is 342 g/mol. The van der Waals surface area contributed by atoms with Gasteiger partial charge >= 0.3 is 13.1 Å². The van der Waals surface area contributed by atoms with E-state index in [1.165, 1.54) is 16.8 Å². The molecule has 126 valence electrons. The topological polar surface area (TPSA) is 66.8 Å². The van der Waals surface area contributed by atoms with E-state index in [1.807, 2.05) is 27.7 Å². The van der Waals surface area contributed by atoms with Gasteiger partial charge < -0.3 is 18.6 Å². The zero-order valence-corrected chi connectivity index (χ0v) is 14.8. The second-order valence-corrected chi connectivity index (χ2v) is 6.85. The van der Waals surface area contributed by atoms with Gasteiger partial charge in [-0.2, -0.15) is 0 Å². The molecule has 1 aliphatic heterocycles. The van der Waals surface area contributed by atoms with Gasteiger partial charge in [-0.05, 0) is 40.7 Å². The first-order chi connectivity index (χ1) is 10.6. The van der Waals surface area contributed by atoms with Crippen LogP contribution in [0.1, 0.15) is 34.6 Å². The molecule has 8 heteroatoms. The molecule has 23 heavy (non-hydrogen) atoms. The second-order valence-electron chi connectivity index (χ2n) is 6.45. The molecule has 6 nitrogen and oxygen atoms in total. The number of hydrogen-bond acceptors (Lipinski definition) is 5. The van der Waals surface area contributed by atoms with Gasteiger partial charge in [0.2, 0.25) is 0 Å². The minimum atomic E-state index is -0.661. The largest absolute Gasteiger partial charge is 0.496 e. The van der Waals surface area contributed by atoms with Crippen molar-refractivity contribution in [3.63, 3.8) is 0 Å². The van der Waals surface area contributed by atoms with Crippen molar-refractivity contribution in [3.8, 4) is 0 Å². The molecule has 0 aromatic carbocycles. The van der Waals surface area contributed by atoms with Gasteiger partial charge in [-0.3, -0.25) is 9.59 Å². The zero-order valence-electron chi connectivity index (χ0n) is 14.0. The first-order valence-electron chi connectivity index (χ1n) is 7.48. The minimum Gasteiger partial charge on any atom is -0.465 e. The third-order valence-corrected chi connectivity index (χ3v) is 4.46. The lowest BCUT2D eigenvalue weighted by molar-refractivity contribution is -0.143. The van der Waals surface area contributed by atoms with E-state index in [9.17, 15) is 9.59 Å². The molecule has 1 aromatic heterocycles. The third-order valence-electron chi connectivity index (χ3n) is 4.19. The summed E-state index contributed by atoms with van der Waals surface area (Å²) < 4.78 is 18.0. The summed E-state index contributed by atoms with van der Waals surface area (Å²) >= 11 is 6.00. The van der Waals surface area contributed by atoms with Crippen LogP contribution in [-0.2, 0) is 25.4 Å². The number of carbonyl (C=O) groups excluding carboxylic acids is 1. The SMILES string of the molecule is CCOC(=O)Cn1cc(B2OC(C)(C)C(C)(C)O2)cc(Cl)c1=O. The van der Waals surface area contributed by atoms with E-state index in [1.54, 1.807) is 6.92 Å². The molecule has 1 aliphatic rings. The first-order valence-corrected chi connectivity index (χ1v) is 7.86. The van der Waals surface area contributed by atoms with E-state index in [0.717, 1.165) is 0 Å². The lowest BCUT2D eigenvalue weighted by Crippen LogP contribution is -2.41.